The highest BCUT2D eigenvalue weighted by Gasteiger charge is 2.14. The van der Waals surface area contributed by atoms with Crippen LogP contribution in [0, 0.1) is 10.7 Å². The van der Waals surface area contributed by atoms with Gasteiger partial charge in [-0.25, -0.2) is 0 Å². The molecule has 0 aliphatic carbocycles. The largest absolute Gasteiger partial charge is 0.326 e. The highest BCUT2D eigenvalue weighted by Crippen LogP contribution is 2.19. The summed E-state index contributed by atoms with van der Waals surface area (Å²) in [4.78, 5) is 35.5. The third-order valence-electron chi connectivity index (χ3n) is 2.95. The second-order valence-electron chi connectivity index (χ2n) is 4.88. The Labute approximate surface area is 148 Å². The van der Waals surface area contributed by atoms with E-state index in [-0.39, 0.29) is 5.91 Å². The van der Waals surface area contributed by atoms with Crippen molar-refractivity contribution < 1.29 is 14.4 Å². The zero-order valence-electron chi connectivity index (χ0n) is 13.2. The summed E-state index contributed by atoms with van der Waals surface area (Å²) in [6.07, 6.45) is 0. The Morgan fingerprint density at radius 1 is 0.800 bits per heavy atom. The molecular formula is C17H14N4O3S. The molecule has 0 radical (unpaired) electrons. The minimum atomic E-state index is -0.817. The first-order valence-corrected chi connectivity index (χ1v) is 7.95. The molecule has 25 heavy (non-hydrogen) atoms. The van der Waals surface area contributed by atoms with E-state index in [1.807, 2.05) is 5.40 Å². The molecule has 0 unspecified atom stereocenters. The number of amides is 3. The number of thioether (sulfide) groups is 1. The number of hydrogen-bond donors (Lipinski definition) is 3. The van der Waals surface area contributed by atoms with Crippen LogP contribution in [0.4, 0.5) is 17.1 Å². The van der Waals surface area contributed by atoms with Gasteiger partial charge in [0.25, 0.3) is 0 Å². The summed E-state index contributed by atoms with van der Waals surface area (Å²) >= 11 is 1.00. The Bertz CT molecular complexity index is 826. The van der Waals surface area contributed by atoms with Gasteiger partial charge in [0.05, 0.1) is 0 Å². The Kier molecular flexibility index (Phi) is 6.14. The second-order valence-corrected chi connectivity index (χ2v) is 5.74. The predicted octanol–water partition coefficient (Wildman–Crippen LogP) is 2.80. The van der Waals surface area contributed by atoms with Crippen molar-refractivity contribution in [2.24, 2.45) is 0 Å². The fourth-order valence-corrected chi connectivity index (χ4v) is 2.25. The summed E-state index contributed by atoms with van der Waals surface area (Å²) in [5.74, 6) is -1.83. The number of anilines is 3. The van der Waals surface area contributed by atoms with Crippen molar-refractivity contribution in [2.45, 2.75) is 11.8 Å². The van der Waals surface area contributed by atoms with Gasteiger partial charge in [-0.2, -0.15) is 5.26 Å². The zero-order chi connectivity index (χ0) is 18.2. The number of rotatable bonds is 4. The topological polar surface area (TPSA) is 111 Å². The standard InChI is InChI=1S/C17H14N4O3S/c1-11(22)19-12-2-4-13(5-3-12)20-16(23)17(24)21-14-6-8-15(9-7-14)25-10-18/h2-9H,1H3,(H,19,22)(H,20,23)(H,21,24). The molecule has 0 saturated carbocycles. The van der Waals surface area contributed by atoms with Crippen LogP contribution in [0.15, 0.2) is 53.4 Å². The molecule has 0 heterocycles. The lowest BCUT2D eigenvalue weighted by molar-refractivity contribution is -0.132. The number of thiocyanates is 1. The zero-order valence-corrected chi connectivity index (χ0v) is 14.0. The van der Waals surface area contributed by atoms with E-state index in [4.69, 9.17) is 5.26 Å². The molecule has 0 spiro atoms. The fourth-order valence-electron chi connectivity index (χ4n) is 1.87. The average molecular weight is 354 g/mol. The van der Waals surface area contributed by atoms with Crippen molar-refractivity contribution in [3.8, 4) is 5.40 Å². The van der Waals surface area contributed by atoms with Gasteiger partial charge in [0, 0.05) is 28.9 Å². The van der Waals surface area contributed by atoms with E-state index in [2.05, 4.69) is 16.0 Å². The van der Waals surface area contributed by atoms with Crippen molar-refractivity contribution in [1.82, 2.24) is 0 Å². The Morgan fingerprint density at radius 2 is 1.20 bits per heavy atom. The molecule has 0 fully saturated rings. The third-order valence-corrected chi connectivity index (χ3v) is 3.54. The summed E-state index contributed by atoms with van der Waals surface area (Å²) in [5, 5.41) is 18.1. The fraction of sp³-hybridized carbons (Fsp3) is 0.0588. The summed E-state index contributed by atoms with van der Waals surface area (Å²) in [6, 6.07) is 12.9. The van der Waals surface area contributed by atoms with Gasteiger partial charge in [0.2, 0.25) is 5.91 Å². The molecule has 3 N–H and O–H groups in total. The van der Waals surface area contributed by atoms with E-state index < -0.39 is 11.8 Å². The molecule has 0 aromatic heterocycles. The molecule has 3 amide bonds. The quantitative estimate of drug-likeness (QED) is 0.444. The molecule has 7 nitrogen and oxygen atoms in total. The highest BCUT2D eigenvalue weighted by molar-refractivity contribution is 8.03. The number of benzene rings is 2. The van der Waals surface area contributed by atoms with Crippen molar-refractivity contribution in [2.75, 3.05) is 16.0 Å². The lowest BCUT2D eigenvalue weighted by atomic mass is 10.2. The Morgan fingerprint density at radius 3 is 1.60 bits per heavy atom. The van der Waals surface area contributed by atoms with E-state index in [0.717, 1.165) is 16.7 Å². The lowest BCUT2D eigenvalue weighted by Gasteiger charge is -2.08. The maximum Gasteiger partial charge on any atom is 0.314 e. The minimum Gasteiger partial charge on any atom is -0.326 e. The van der Waals surface area contributed by atoms with Crippen LogP contribution < -0.4 is 16.0 Å². The smallest absolute Gasteiger partial charge is 0.314 e. The van der Waals surface area contributed by atoms with E-state index in [1.54, 1.807) is 48.5 Å². The molecule has 2 aromatic rings. The van der Waals surface area contributed by atoms with E-state index in [9.17, 15) is 14.4 Å². The number of carbonyl (C=O) groups excluding carboxylic acids is 3. The normalized spacial score (nSPS) is 9.60. The van der Waals surface area contributed by atoms with Gasteiger partial charge >= 0.3 is 11.8 Å². The lowest BCUT2D eigenvalue weighted by Crippen LogP contribution is -2.29. The first-order valence-electron chi connectivity index (χ1n) is 7.14. The number of nitrogens with zero attached hydrogens (tertiary/aromatic N) is 1. The van der Waals surface area contributed by atoms with Crippen molar-refractivity contribution in [3.05, 3.63) is 48.5 Å². The van der Waals surface area contributed by atoms with Gasteiger partial charge in [0.15, 0.2) is 0 Å². The maximum absolute atomic E-state index is 11.9. The first kappa shape index (κ1) is 18.0. The van der Waals surface area contributed by atoms with Gasteiger partial charge in [0.1, 0.15) is 5.40 Å². The molecule has 0 bridgehead atoms. The molecule has 0 aliphatic rings. The summed E-state index contributed by atoms with van der Waals surface area (Å²) in [6.45, 7) is 1.39. The SMILES string of the molecule is CC(=O)Nc1ccc(NC(=O)C(=O)Nc2ccc(SC#N)cc2)cc1. The number of hydrogen-bond acceptors (Lipinski definition) is 5. The number of nitrogens with one attached hydrogen (secondary N) is 3. The van der Waals surface area contributed by atoms with Crippen molar-refractivity contribution in [1.29, 1.82) is 5.26 Å². The third kappa shape index (κ3) is 5.67. The molecule has 2 aromatic carbocycles. The van der Waals surface area contributed by atoms with Crippen LogP contribution in [-0.4, -0.2) is 17.7 Å². The summed E-state index contributed by atoms with van der Waals surface area (Å²) in [7, 11) is 0. The summed E-state index contributed by atoms with van der Waals surface area (Å²) in [5.41, 5.74) is 1.46. The van der Waals surface area contributed by atoms with E-state index in [0.29, 0.717) is 17.1 Å². The van der Waals surface area contributed by atoms with Gasteiger partial charge in [-0.05, 0) is 60.3 Å². The van der Waals surface area contributed by atoms with Crippen molar-refractivity contribution >= 4 is 46.5 Å². The van der Waals surface area contributed by atoms with Gasteiger partial charge in [-0.3, -0.25) is 14.4 Å². The molecule has 0 atom stereocenters. The number of nitriles is 1. The molecule has 0 saturated heterocycles. The van der Waals surface area contributed by atoms with Crippen molar-refractivity contribution in [3.63, 3.8) is 0 Å². The van der Waals surface area contributed by atoms with Crippen LogP contribution in [0.3, 0.4) is 0 Å². The van der Waals surface area contributed by atoms with Crippen LogP contribution in [0.25, 0.3) is 0 Å². The van der Waals surface area contributed by atoms with E-state index >= 15 is 0 Å². The average Bonchev–Trinajstić information content (AvgIpc) is 2.58. The van der Waals surface area contributed by atoms with Crippen LogP contribution in [0.2, 0.25) is 0 Å². The van der Waals surface area contributed by atoms with Gasteiger partial charge in [-0.15, -0.1) is 0 Å². The maximum atomic E-state index is 11.9. The summed E-state index contributed by atoms with van der Waals surface area (Å²) < 4.78 is 0. The van der Waals surface area contributed by atoms with Crippen LogP contribution in [0.1, 0.15) is 6.92 Å². The molecule has 126 valence electrons. The number of carbonyl (C=O) groups is 3. The Hall–Kier alpha value is -3.31. The molecular weight excluding hydrogens is 340 g/mol. The molecule has 8 heteroatoms. The molecule has 2 rings (SSSR count). The van der Waals surface area contributed by atoms with Gasteiger partial charge < -0.3 is 16.0 Å². The predicted molar refractivity (Wildman–Crippen MR) is 95.9 cm³/mol. The first-order chi connectivity index (χ1) is 12.0. The van der Waals surface area contributed by atoms with Crippen LogP contribution in [0.5, 0.6) is 0 Å². The van der Waals surface area contributed by atoms with Gasteiger partial charge in [-0.1, -0.05) is 0 Å². The minimum absolute atomic E-state index is 0.199. The Balaban J connectivity index is 1.92. The molecule has 0 aliphatic heterocycles. The van der Waals surface area contributed by atoms with E-state index in [1.165, 1.54) is 6.92 Å². The highest BCUT2D eigenvalue weighted by atomic mass is 32.2. The van der Waals surface area contributed by atoms with Crippen LogP contribution in [-0.2, 0) is 14.4 Å². The monoisotopic (exact) mass is 354 g/mol. The second kappa shape index (κ2) is 8.52. The van der Waals surface area contributed by atoms with Crippen LogP contribution >= 0.6 is 11.8 Å².